The average molecular weight is 304 g/mol. The number of halogens is 2. The summed E-state index contributed by atoms with van der Waals surface area (Å²) in [4.78, 5) is 12.4. The minimum atomic E-state index is -0.103. The van der Waals surface area contributed by atoms with E-state index in [0.717, 1.165) is 12.8 Å². The molecular weight excluding hydrogens is 285 g/mol. The molecule has 1 rings (SSSR count). The second-order valence-corrected chi connectivity index (χ2v) is 5.22. The molecule has 0 aliphatic heterocycles. The second-order valence-electron chi connectivity index (χ2n) is 4.41. The Morgan fingerprint density at radius 3 is 2.68 bits per heavy atom. The third-order valence-electron chi connectivity index (χ3n) is 2.89. The van der Waals surface area contributed by atoms with Crippen molar-refractivity contribution in [3.63, 3.8) is 0 Å². The van der Waals surface area contributed by atoms with Gasteiger partial charge in [0.2, 0.25) is 0 Å². The number of hydrogen-bond acceptors (Lipinski definition) is 3. The van der Waals surface area contributed by atoms with Gasteiger partial charge in [0.25, 0.3) is 0 Å². The summed E-state index contributed by atoms with van der Waals surface area (Å²) in [6, 6.07) is 4.95. The van der Waals surface area contributed by atoms with Crippen molar-refractivity contribution in [3.8, 4) is 0 Å². The van der Waals surface area contributed by atoms with Crippen LogP contribution in [0, 0.1) is 5.92 Å². The summed E-state index contributed by atoms with van der Waals surface area (Å²) < 4.78 is 0. The van der Waals surface area contributed by atoms with Crippen molar-refractivity contribution in [1.82, 2.24) is 5.32 Å². The van der Waals surface area contributed by atoms with E-state index in [4.69, 9.17) is 28.3 Å². The van der Waals surface area contributed by atoms with Crippen molar-refractivity contribution in [2.45, 2.75) is 19.8 Å². The molecule has 0 spiro atoms. The molecule has 1 aromatic rings. The highest BCUT2D eigenvalue weighted by molar-refractivity contribution is 6.42. The van der Waals surface area contributed by atoms with E-state index in [2.05, 4.69) is 5.32 Å². The lowest BCUT2D eigenvalue weighted by Crippen LogP contribution is -2.30. The predicted molar refractivity (Wildman–Crippen MR) is 79.1 cm³/mol. The van der Waals surface area contributed by atoms with Crippen LogP contribution < -0.4 is 5.32 Å². The highest BCUT2D eigenvalue weighted by Gasteiger charge is 2.19. The van der Waals surface area contributed by atoms with Crippen LogP contribution in [0.3, 0.4) is 0 Å². The first-order valence-electron chi connectivity index (χ1n) is 6.41. The largest absolute Gasteiger partial charge is 0.395 e. The van der Waals surface area contributed by atoms with Gasteiger partial charge in [-0.05, 0) is 24.6 Å². The Morgan fingerprint density at radius 2 is 2.11 bits per heavy atom. The van der Waals surface area contributed by atoms with Gasteiger partial charge in [0.15, 0.2) is 5.78 Å². The Bertz CT molecular complexity index is 424. The first-order valence-corrected chi connectivity index (χ1v) is 7.16. The summed E-state index contributed by atoms with van der Waals surface area (Å²) in [6.45, 7) is 3.17. The topological polar surface area (TPSA) is 49.3 Å². The van der Waals surface area contributed by atoms with Gasteiger partial charge < -0.3 is 10.4 Å². The molecule has 0 saturated heterocycles. The van der Waals surface area contributed by atoms with E-state index < -0.39 is 0 Å². The fourth-order valence-electron chi connectivity index (χ4n) is 1.91. The van der Waals surface area contributed by atoms with Crippen molar-refractivity contribution in [2.75, 3.05) is 19.7 Å². The summed E-state index contributed by atoms with van der Waals surface area (Å²) in [5.74, 6) is -0.0420. The van der Waals surface area contributed by atoms with Crippen molar-refractivity contribution < 1.29 is 9.90 Å². The van der Waals surface area contributed by atoms with Gasteiger partial charge in [0.1, 0.15) is 0 Å². The quantitative estimate of drug-likeness (QED) is 0.573. The molecule has 0 amide bonds. The number of benzene rings is 1. The number of carbonyl (C=O) groups is 1. The van der Waals surface area contributed by atoms with Gasteiger partial charge in [0, 0.05) is 24.6 Å². The lowest BCUT2D eigenvalue weighted by molar-refractivity contribution is 0.0910. The number of ketones is 1. The number of carbonyl (C=O) groups excluding carboxylic acids is 1. The number of nitrogens with one attached hydrogen (secondary N) is 1. The number of Topliss-reactive ketones (excluding diaryl/α,β-unsaturated/α-hetero) is 1. The van der Waals surface area contributed by atoms with Gasteiger partial charge in [0.05, 0.1) is 16.7 Å². The van der Waals surface area contributed by atoms with Gasteiger partial charge in [-0.25, -0.2) is 0 Å². The monoisotopic (exact) mass is 303 g/mol. The lowest BCUT2D eigenvalue weighted by Gasteiger charge is -2.16. The molecule has 0 fully saturated rings. The van der Waals surface area contributed by atoms with Crippen LogP contribution >= 0.6 is 23.2 Å². The molecule has 3 nitrogen and oxygen atoms in total. The first-order chi connectivity index (χ1) is 9.10. The molecule has 0 aromatic heterocycles. The van der Waals surface area contributed by atoms with Crippen LogP contribution in [0.2, 0.25) is 10.0 Å². The van der Waals surface area contributed by atoms with E-state index in [0.29, 0.717) is 28.7 Å². The summed E-state index contributed by atoms with van der Waals surface area (Å²) in [5, 5.41) is 12.7. The molecule has 1 atom stereocenters. The van der Waals surface area contributed by atoms with E-state index in [1.165, 1.54) is 0 Å². The molecule has 19 heavy (non-hydrogen) atoms. The van der Waals surface area contributed by atoms with E-state index in [-0.39, 0.29) is 18.3 Å². The Hall–Kier alpha value is -0.610. The zero-order valence-corrected chi connectivity index (χ0v) is 12.5. The van der Waals surface area contributed by atoms with Gasteiger partial charge in [-0.15, -0.1) is 0 Å². The highest BCUT2D eigenvalue weighted by atomic mass is 35.5. The fraction of sp³-hybridized carbons (Fsp3) is 0.500. The fourth-order valence-corrected chi connectivity index (χ4v) is 2.21. The van der Waals surface area contributed by atoms with Crippen LogP contribution in [-0.2, 0) is 0 Å². The van der Waals surface area contributed by atoms with Crippen molar-refractivity contribution >= 4 is 29.0 Å². The first kappa shape index (κ1) is 16.4. The Balaban J connectivity index is 2.76. The summed E-state index contributed by atoms with van der Waals surface area (Å²) in [7, 11) is 0. The summed E-state index contributed by atoms with van der Waals surface area (Å²) >= 11 is 11.8. The number of hydrogen-bond donors (Lipinski definition) is 2. The smallest absolute Gasteiger partial charge is 0.167 e. The zero-order valence-electron chi connectivity index (χ0n) is 11.0. The molecule has 0 heterocycles. The maximum absolute atomic E-state index is 12.4. The molecule has 2 N–H and O–H groups in total. The summed E-state index contributed by atoms with van der Waals surface area (Å²) in [6.07, 6.45) is 1.73. The average Bonchev–Trinajstić information content (AvgIpc) is 2.40. The molecule has 1 aromatic carbocycles. The van der Waals surface area contributed by atoms with Gasteiger partial charge in [-0.1, -0.05) is 36.5 Å². The SMILES string of the molecule is CCC[C@@H](CNCCO)C(=O)c1ccc(Cl)c(Cl)c1. The van der Waals surface area contributed by atoms with Crippen LogP contribution in [0.15, 0.2) is 18.2 Å². The third kappa shape index (κ3) is 5.11. The maximum atomic E-state index is 12.4. The van der Waals surface area contributed by atoms with Crippen molar-refractivity contribution in [2.24, 2.45) is 5.92 Å². The van der Waals surface area contributed by atoms with Crippen LogP contribution in [0.5, 0.6) is 0 Å². The van der Waals surface area contributed by atoms with Crippen LogP contribution in [-0.4, -0.2) is 30.6 Å². The molecule has 0 bridgehead atoms. The Kier molecular flexibility index (Phi) is 7.39. The van der Waals surface area contributed by atoms with Gasteiger partial charge >= 0.3 is 0 Å². The number of rotatable bonds is 8. The predicted octanol–water partition coefficient (Wildman–Crippen LogP) is 3.17. The van der Waals surface area contributed by atoms with Crippen molar-refractivity contribution in [1.29, 1.82) is 0 Å². The van der Waals surface area contributed by atoms with E-state index >= 15 is 0 Å². The van der Waals surface area contributed by atoms with Gasteiger partial charge in [-0.2, -0.15) is 0 Å². The highest BCUT2D eigenvalue weighted by Crippen LogP contribution is 2.24. The standard InChI is InChI=1S/C14H19Cl2NO2/c1-2-3-11(9-17-6-7-18)14(19)10-4-5-12(15)13(16)8-10/h4-5,8,11,17-18H,2-3,6-7,9H2,1H3/t11-/m0/s1. The minimum Gasteiger partial charge on any atom is -0.395 e. The van der Waals surface area contributed by atoms with E-state index in [1.54, 1.807) is 18.2 Å². The maximum Gasteiger partial charge on any atom is 0.167 e. The molecule has 5 heteroatoms. The lowest BCUT2D eigenvalue weighted by atomic mass is 9.93. The normalized spacial score (nSPS) is 12.4. The molecule has 0 aliphatic carbocycles. The third-order valence-corrected chi connectivity index (χ3v) is 3.63. The summed E-state index contributed by atoms with van der Waals surface area (Å²) in [5.41, 5.74) is 0.582. The van der Waals surface area contributed by atoms with Crippen LogP contribution in [0.1, 0.15) is 30.1 Å². The molecule has 0 unspecified atom stereocenters. The molecular formula is C14H19Cl2NO2. The molecule has 106 valence electrons. The Labute approximate surface area is 123 Å². The molecule has 0 aliphatic rings. The number of aliphatic hydroxyl groups is 1. The van der Waals surface area contributed by atoms with Crippen LogP contribution in [0.25, 0.3) is 0 Å². The zero-order chi connectivity index (χ0) is 14.3. The second kappa shape index (κ2) is 8.54. The minimum absolute atomic E-state index is 0.0610. The van der Waals surface area contributed by atoms with Crippen LogP contribution in [0.4, 0.5) is 0 Å². The van der Waals surface area contributed by atoms with E-state index in [1.807, 2.05) is 6.92 Å². The molecule has 0 saturated carbocycles. The van der Waals surface area contributed by atoms with Gasteiger partial charge in [-0.3, -0.25) is 4.79 Å². The number of aliphatic hydroxyl groups excluding tert-OH is 1. The van der Waals surface area contributed by atoms with E-state index in [9.17, 15) is 4.79 Å². The Morgan fingerprint density at radius 1 is 1.37 bits per heavy atom. The van der Waals surface area contributed by atoms with Crippen molar-refractivity contribution in [3.05, 3.63) is 33.8 Å². The molecule has 0 radical (unpaired) electrons.